The quantitative estimate of drug-likeness (QED) is 0.0259. The van der Waals surface area contributed by atoms with E-state index in [4.69, 9.17) is 14.2 Å². The topological polar surface area (TPSA) is 102 Å². The Bertz CT molecular complexity index is 1240. The van der Waals surface area contributed by atoms with Gasteiger partial charge in [0, 0.05) is 19.3 Å². The predicted octanol–water partition coefficient (Wildman–Crippen LogP) is 16.8. The van der Waals surface area contributed by atoms with Gasteiger partial charge in [-0.2, -0.15) is 0 Å². The summed E-state index contributed by atoms with van der Waals surface area (Å²) in [5.41, 5.74) is 0. The third-order valence-electron chi connectivity index (χ3n) is 13.7. The number of carbonyl (C=O) groups excluding carboxylic acids is 3. The first-order valence-corrected chi connectivity index (χ1v) is 30.0. The van der Waals surface area contributed by atoms with E-state index in [1.165, 1.54) is 205 Å². The van der Waals surface area contributed by atoms with Crippen LogP contribution in [0, 0.1) is 0 Å². The lowest BCUT2D eigenvalue weighted by atomic mass is 10.0. The highest BCUT2D eigenvalue weighted by Gasteiger charge is 2.25. The second kappa shape index (κ2) is 52.9. The summed E-state index contributed by atoms with van der Waals surface area (Å²) in [6.07, 6.45) is 64.8. The van der Waals surface area contributed by atoms with Crippen LogP contribution in [-0.2, 0) is 28.6 Å². The predicted molar refractivity (Wildman–Crippen MR) is 296 cm³/mol. The Morgan fingerprint density at radius 1 is 0.429 bits per heavy atom. The fourth-order valence-corrected chi connectivity index (χ4v) is 9.10. The van der Waals surface area contributed by atoms with Crippen LogP contribution in [-0.4, -0.2) is 75.5 Å². The Balaban J connectivity index is 4.16. The number of likely N-dealkylation sites (N-methyl/N-ethyl adjacent to an activating group) is 1. The molecule has 410 valence electrons. The third-order valence-corrected chi connectivity index (χ3v) is 13.7. The van der Waals surface area contributed by atoms with Gasteiger partial charge in [0.1, 0.15) is 12.6 Å². The molecule has 0 bridgehead atoms. The van der Waals surface area contributed by atoms with Gasteiger partial charge in [0.25, 0.3) is 0 Å². The van der Waals surface area contributed by atoms with Gasteiger partial charge in [-0.15, -0.1) is 0 Å². The summed E-state index contributed by atoms with van der Waals surface area (Å²) in [6, 6.07) is -0.729. The molecule has 0 aromatic rings. The van der Waals surface area contributed by atoms with E-state index in [1.807, 2.05) is 21.1 Å². The van der Waals surface area contributed by atoms with E-state index in [0.29, 0.717) is 12.8 Å². The summed E-state index contributed by atoms with van der Waals surface area (Å²) in [5.74, 6) is -1.73. The van der Waals surface area contributed by atoms with Crippen molar-refractivity contribution < 1.29 is 38.2 Å². The zero-order valence-corrected chi connectivity index (χ0v) is 47.0. The van der Waals surface area contributed by atoms with Gasteiger partial charge >= 0.3 is 11.9 Å². The smallest absolute Gasteiger partial charge is 0.306 e. The van der Waals surface area contributed by atoms with E-state index in [0.717, 1.165) is 51.4 Å². The fourth-order valence-electron chi connectivity index (χ4n) is 9.10. The molecule has 0 aliphatic carbocycles. The highest BCUT2D eigenvalue weighted by atomic mass is 16.6. The normalized spacial score (nSPS) is 13.0. The molecule has 8 nitrogen and oxygen atoms in total. The van der Waals surface area contributed by atoms with Crippen molar-refractivity contribution in [2.75, 3.05) is 41.0 Å². The number of allylic oxidation sites excluding steroid dienone is 6. The van der Waals surface area contributed by atoms with E-state index in [-0.39, 0.29) is 42.7 Å². The number of hydrogen-bond donors (Lipinski definition) is 0. The lowest BCUT2D eigenvalue weighted by Gasteiger charge is -2.34. The maximum Gasteiger partial charge on any atom is 0.306 e. The summed E-state index contributed by atoms with van der Waals surface area (Å²) in [4.78, 5) is 37.2. The van der Waals surface area contributed by atoms with Crippen LogP contribution in [0.15, 0.2) is 36.5 Å². The molecule has 0 fully saturated rings. The van der Waals surface area contributed by atoms with Crippen LogP contribution in [0.1, 0.15) is 290 Å². The number of aliphatic carboxylic acids is 1. The van der Waals surface area contributed by atoms with Crippen molar-refractivity contribution in [2.24, 2.45) is 0 Å². The largest absolute Gasteiger partial charge is 0.544 e. The Morgan fingerprint density at radius 3 is 1.11 bits per heavy atom. The molecule has 0 aromatic heterocycles. The standard InChI is InChI=1S/C62H115NO7/c1-6-8-10-12-14-16-18-20-22-24-26-28-30-32-34-36-38-40-42-44-46-48-50-52-60(64)69-57-58(56-68-55-54-59(62(66)67)63(3,4)5)70-61(65)53-51-49-47-45-43-41-39-37-35-33-31-29-27-25-23-21-19-17-15-13-11-9-7-2/h27,29,32-35,58-59H,6-26,28,30-31,36-57H2,1-5H3/b29-27+,34-32+,35-33+. The zero-order chi connectivity index (χ0) is 51.3. The van der Waals surface area contributed by atoms with Gasteiger partial charge in [0.15, 0.2) is 6.10 Å². The number of nitrogens with zero attached hydrogens (tertiary/aromatic N) is 1. The van der Waals surface area contributed by atoms with Crippen LogP contribution >= 0.6 is 0 Å². The number of rotatable bonds is 55. The second-order valence-corrected chi connectivity index (χ2v) is 21.6. The lowest BCUT2D eigenvalue weighted by Crippen LogP contribution is -2.55. The van der Waals surface area contributed by atoms with Crippen molar-refractivity contribution in [2.45, 2.75) is 302 Å². The molecule has 0 aliphatic heterocycles. The summed E-state index contributed by atoms with van der Waals surface area (Å²) >= 11 is 0. The average molecular weight is 987 g/mol. The van der Waals surface area contributed by atoms with Gasteiger partial charge in [0.05, 0.1) is 40.3 Å². The molecular formula is C62H115NO7. The average Bonchev–Trinajstić information content (AvgIpc) is 3.33. The molecule has 0 aromatic carbocycles. The summed E-state index contributed by atoms with van der Waals surface area (Å²) < 4.78 is 17.3. The van der Waals surface area contributed by atoms with Crippen LogP contribution in [0.2, 0.25) is 0 Å². The van der Waals surface area contributed by atoms with Gasteiger partial charge in [-0.3, -0.25) is 9.59 Å². The number of quaternary nitrogens is 1. The number of unbranched alkanes of at least 4 members (excludes halogenated alkanes) is 35. The highest BCUT2D eigenvalue weighted by Crippen LogP contribution is 2.16. The maximum absolute atomic E-state index is 12.8. The maximum atomic E-state index is 12.8. The van der Waals surface area contributed by atoms with E-state index >= 15 is 0 Å². The number of hydrogen-bond acceptors (Lipinski definition) is 7. The first kappa shape index (κ1) is 67.5. The number of carboxylic acids is 1. The molecule has 8 heteroatoms. The van der Waals surface area contributed by atoms with Crippen LogP contribution in [0.25, 0.3) is 0 Å². The molecule has 2 atom stereocenters. The molecule has 0 saturated carbocycles. The molecule has 70 heavy (non-hydrogen) atoms. The summed E-state index contributed by atoms with van der Waals surface area (Å²) in [5, 5.41) is 11.7. The van der Waals surface area contributed by atoms with Crippen LogP contribution < -0.4 is 5.11 Å². The highest BCUT2D eigenvalue weighted by molar-refractivity contribution is 5.70. The van der Waals surface area contributed by atoms with Crippen molar-refractivity contribution in [1.82, 2.24) is 0 Å². The number of carbonyl (C=O) groups is 3. The number of ether oxygens (including phenoxy) is 3. The molecule has 0 saturated heterocycles. The minimum absolute atomic E-state index is 0.0381. The lowest BCUT2D eigenvalue weighted by molar-refractivity contribution is -0.889. The van der Waals surface area contributed by atoms with E-state index in [1.54, 1.807) is 0 Å². The van der Waals surface area contributed by atoms with Gasteiger partial charge in [0.2, 0.25) is 0 Å². The Labute approximate surface area is 434 Å². The number of carboxylic acid groups (broad SMARTS) is 1. The van der Waals surface area contributed by atoms with E-state index in [2.05, 4.69) is 50.3 Å². The van der Waals surface area contributed by atoms with E-state index in [9.17, 15) is 19.5 Å². The van der Waals surface area contributed by atoms with Crippen molar-refractivity contribution >= 4 is 17.9 Å². The molecular weight excluding hydrogens is 871 g/mol. The van der Waals surface area contributed by atoms with Crippen molar-refractivity contribution in [1.29, 1.82) is 0 Å². The van der Waals surface area contributed by atoms with Crippen LogP contribution in [0.3, 0.4) is 0 Å². The molecule has 0 amide bonds. The summed E-state index contributed by atoms with van der Waals surface area (Å²) in [6.45, 7) is 4.70. The molecule has 0 N–H and O–H groups in total. The first-order chi connectivity index (χ1) is 34.1. The van der Waals surface area contributed by atoms with Crippen LogP contribution in [0.5, 0.6) is 0 Å². The monoisotopic (exact) mass is 986 g/mol. The molecule has 0 heterocycles. The van der Waals surface area contributed by atoms with Crippen molar-refractivity contribution in [3.05, 3.63) is 36.5 Å². The minimum atomic E-state index is -1.12. The summed E-state index contributed by atoms with van der Waals surface area (Å²) in [7, 11) is 5.43. The molecule has 0 spiro atoms. The minimum Gasteiger partial charge on any atom is -0.544 e. The van der Waals surface area contributed by atoms with Crippen molar-refractivity contribution in [3.8, 4) is 0 Å². The first-order valence-electron chi connectivity index (χ1n) is 30.0. The molecule has 0 rings (SSSR count). The van der Waals surface area contributed by atoms with Crippen molar-refractivity contribution in [3.63, 3.8) is 0 Å². The molecule has 0 radical (unpaired) electrons. The third kappa shape index (κ3) is 50.5. The Hall–Kier alpha value is -2.45. The Morgan fingerprint density at radius 2 is 0.757 bits per heavy atom. The number of esters is 2. The van der Waals surface area contributed by atoms with Gasteiger partial charge in [-0.1, -0.05) is 237 Å². The fraction of sp³-hybridized carbons (Fsp3) is 0.855. The van der Waals surface area contributed by atoms with Crippen LogP contribution in [0.4, 0.5) is 0 Å². The molecule has 2 unspecified atom stereocenters. The Kier molecular flexibility index (Phi) is 51.0. The zero-order valence-electron chi connectivity index (χ0n) is 47.0. The van der Waals surface area contributed by atoms with Gasteiger partial charge in [-0.25, -0.2) is 0 Å². The van der Waals surface area contributed by atoms with Gasteiger partial charge in [-0.05, 0) is 70.6 Å². The SMILES string of the molecule is CCCCCCCCCCC/C=C/C/C=C/CCCCCCCCCC(=O)OC(COCCC(C(=O)[O-])[N+](C)(C)C)COC(=O)CCCCCCCCC/C=C/CCCCCCCCCCCCCC. The molecule has 0 aliphatic rings. The van der Waals surface area contributed by atoms with E-state index < -0.39 is 18.1 Å². The second-order valence-electron chi connectivity index (χ2n) is 21.6. The van der Waals surface area contributed by atoms with Gasteiger partial charge < -0.3 is 28.6 Å².